The van der Waals surface area contributed by atoms with E-state index in [1.165, 1.54) is 0 Å². The van der Waals surface area contributed by atoms with Crippen molar-refractivity contribution < 1.29 is 26.7 Å². The minimum Gasteiger partial charge on any atom is -0.396 e. The Morgan fingerprint density at radius 1 is 1.05 bits per heavy atom. The van der Waals surface area contributed by atoms with Crippen LogP contribution in [0.15, 0.2) is 30.3 Å². The smallest absolute Gasteiger partial charge is 0.396 e. The lowest BCUT2D eigenvalue weighted by Gasteiger charge is -2.38. The third-order valence-corrected chi connectivity index (χ3v) is 7.56. The lowest BCUT2D eigenvalue weighted by atomic mass is 9.88. The van der Waals surface area contributed by atoms with Crippen molar-refractivity contribution >= 4 is 11.6 Å². The van der Waals surface area contributed by atoms with E-state index in [1.54, 1.807) is 18.5 Å². The van der Waals surface area contributed by atoms with Gasteiger partial charge in [0.15, 0.2) is 0 Å². The van der Waals surface area contributed by atoms with E-state index in [0.29, 0.717) is 29.8 Å². The third kappa shape index (κ3) is 4.05. The average molecular weight is 535 g/mol. The molecule has 0 unspecified atom stereocenters. The van der Waals surface area contributed by atoms with Crippen LogP contribution in [0.4, 0.5) is 27.6 Å². The number of anilines is 1. The molecule has 1 aromatic heterocycles. The predicted molar refractivity (Wildman–Crippen MR) is 135 cm³/mol. The highest BCUT2D eigenvalue weighted by molar-refractivity contribution is 5.85. The summed E-state index contributed by atoms with van der Waals surface area (Å²) < 4.78 is 73.0. The number of para-hydroxylation sites is 1. The summed E-state index contributed by atoms with van der Waals surface area (Å²) in [5.41, 5.74) is 4.54. The molecule has 2 N–H and O–H groups in total. The van der Waals surface area contributed by atoms with E-state index in [4.69, 9.17) is 10.8 Å². The number of amides is 1. The van der Waals surface area contributed by atoms with Gasteiger partial charge in [0.1, 0.15) is 17.0 Å². The Labute approximate surface area is 218 Å². The van der Waals surface area contributed by atoms with Crippen molar-refractivity contribution in [3.63, 3.8) is 0 Å². The second kappa shape index (κ2) is 9.10. The van der Waals surface area contributed by atoms with Gasteiger partial charge in [-0.3, -0.25) is 4.79 Å². The Morgan fingerprint density at radius 3 is 2.16 bits per heavy atom. The van der Waals surface area contributed by atoms with Gasteiger partial charge in [0, 0.05) is 17.2 Å². The molecule has 4 rings (SSSR count). The topological polar surface area (TPSA) is 64.2 Å². The first kappa shape index (κ1) is 27.6. The first-order valence-corrected chi connectivity index (χ1v) is 12.4. The van der Waals surface area contributed by atoms with Crippen molar-refractivity contribution in [2.45, 2.75) is 72.6 Å². The number of benzene rings is 2. The second-order valence-corrected chi connectivity index (χ2v) is 10.6. The van der Waals surface area contributed by atoms with Gasteiger partial charge in [-0.2, -0.15) is 18.3 Å². The number of aryl methyl sites for hydroxylation is 2. The fraction of sp³-hybridized carbons (Fsp3) is 0.429. The summed E-state index contributed by atoms with van der Waals surface area (Å²) in [4.78, 5) is 14.4. The molecular weight excluding hydrogens is 503 g/mol. The molecule has 10 heteroatoms. The number of nitrogen functional groups attached to an aromatic ring is 1. The number of rotatable bonds is 5. The van der Waals surface area contributed by atoms with E-state index >= 15 is 4.39 Å². The van der Waals surface area contributed by atoms with Crippen molar-refractivity contribution in [2.24, 2.45) is 5.41 Å². The van der Waals surface area contributed by atoms with Crippen LogP contribution < -0.4 is 5.73 Å². The first-order chi connectivity index (χ1) is 17.6. The summed E-state index contributed by atoms with van der Waals surface area (Å²) in [5, 5.41) is 4.80. The molecule has 0 saturated carbocycles. The number of fused-ring (bicyclic) bond motifs is 1. The number of halogens is 5. The monoisotopic (exact) mass is 534 g/mol. The Bertz CT molecular complexity index is 1400. The molecule has 0 bridgehead atoms. The highest BCUT2D eigenvalue weighted by Gasteiger charge is 2.58. The molecule has 0 spiro atoms. The maximum Gasteiger partial charge on any atom is 0.402 e. The number of hydrogen-bond acceptors (Lipinski definition) is 3. The molecule has 5 nitrogen and oxygen atoms in total. The number of nitrogens with two attached hydrogens (primary N) is 1. The number of nitrogens with zero attached hydrogens (tertiary/aromatic N) is 3. The van der Waals surface area contributed by atoms with Crippen molar-refractivity contribution in [3.8, 4) is 16.9 Å². The Balaban J connectivity index is 2.03. The molecular formula is C28H31F5N4O. The molecule has 0 aliphatic carbocycles. The molecule has 1 aliphatic rings. The van der Waals surface area contributed by atoms with Gasteiger partial charge in [-0.05, 0) is 57.7 Å². The Kier molecular flexibility index (Phi) is 6.61. The van der Waals surface area contributed by atoms with Crippen LogP contribution in [0.3, 0.4) is 0 Å². The largest absolute Gasteiger partial charge is 0.402 e. The lowest BCUT2D eigenvalue weighted by Crippen LogP contribution is -2.52. The summed E-state index contributed by atoms with van der Waals surface area (Å²) in [6, 6.07) is 7.58. The van der Waals surface area contributed by atoms with Gasteiger partial charge in [0.25, 0.3) is 0 Å². The fourth-order valence-corrected chi connectivity index (χ4v) is 5.03. The van der Waals surface area contributed by atoms with Gasteiger partial charge in [-0.15, -0.1) is 0 Å². The standard InChI is InChI=1S/C28H31F5N4O/c1-7-15-10-9-11-16(8-2)22(15)37-23(17-12-20(30)21(34)13-19(17)29)18-14-36(27(5,6)24(18)35-37)25(38)26(3,4)28(31,32)33/h9-13H,7-8,14,34H2,1-6H3. The molecule has 2 aromatic carbocycles. The van der Waals surface area contributed by atoms with E-state index in [9.17, 15) is 22.4 Å². The van der Waals surface area contributed by atoms with Crippen LogP contribution in [0.1, 0.15) is 63.9 Å². The van der Waals surface area contributed by atoms with Crippen LogP contribution in [0.25, 0.3) is 16.9 Å². The third-order valence-electron chi connectivity index (χ3n) is 7.56. The predicted octanol–water partition coefficient (Wildman–Crippen LogP) is 6.69. The summed E-state index contributed by atoms with van der Waals surface area (Å²) in [7, 11) is 0. The van der Waals surface area contributed by atoms with Gasteiger partial charge in [0.05, 0.1) is 34.8 Å². The van der Waals surface area contributed by atoms with E-state index in [1.807, 2.05) is 32.0 Å². The van der Waals surface area contributed by atoms with E-state index < -0.39 is 34.7 Å². The van der Waals surface area contributed by atoms with Crippen molar-refractivity contribution in [1.29, 1.82) is 0 Å². The van der Waals surface area contributed by atoms with Crippen LogP contribution in [0.2, 0.25) is 0 Å². The highest BCUT2D eigenvalue weighted by Crippen LogP contribution is 2.49. The Morgan fingerprint density at radius 2 is 1.63 bits per heavy atom. The highest BCUT2D eigenvalue weighted by atomic mass is 19.4. The minimum absolute atomic E-state index is 0.140. The summed E-state index contributed by atoms with van der Waals surface area (Å²) >= 11 is 0. The summed E-state index contributed by atoms with van der Waals surface area (Å²) in [6.45, 7) is 8.56. The quantitative estimate of drug-likeness (QED) is 0.293. The van der Waals surface area contributed by atoms with Crippen molar-refractivity contribution in [2.75, 3.05) is 5.73 Å². The molecule has 1 amide bonds. The van der Waals surface area contributed by atoms with Crippen molar-refractivity contribution in [1.82, 2.24) is 14.7 Å². The van der Waals surface area contributed by atoms with E-state index in [-0.39, 0.29) is 23.5 Å². The molecule has 1 aliphatic heterocycles. The van der Waals surface area contributed by atoms with Crippen LogP contribution in [0.5, 0.6) is 0 Å². The normalized spacial score (nSPS) is 15.2. The molecule has 3 aromatic rings. The zero-order chi connectivity index (χ0) is 28.4. The van der Waals surface area contributed by atoms with Crippen LogP contribution in [-0.4, -0.2) is 26.8 Å². The maximum absolute atomic E-state index is 15.4. The number of carbonyl (C=O) groups is 1. The van der Waals surface area contributed by atoms with Gasteiger partial charge in [-0.25, -0.2) is 13.5 Å². The average Bonchev–Trinajstić information content (AvgIpc) is 3.33. The molecule has 204 valence electrons. The van der Waals surface area contributed by atoms with Gasteiger partial charge in [-0.1, -0.05) is 32.0 Å². The SMILES string of the molecule is CCc1cccc(CC)c1-n1nc2c(c1-c1cc(F)c(N)cc1F)CN(C(=O)C(C)(C)C(F)(F)F)C2(C)C. The number of hydrogen-bond donors (Lipinski definition) is 1. The van der Waals surface area contributed by atoms with Gasteiger partial charge in [0.2, 0.25) is 5.91 Å². The van der Waals surface area contributed by atoms with Crippen LogP contribution in [0, 0.1) is 17.0 Å². The van der Waals surface area contributed by atoms with E-state index in [2.05, 4.69) is 0 Å². The molecule has 38 heavy (non-hydrogen) atoms. The molecule has 0 atom stereocenters. The maximum atomic E-state index is 15.4. The Hall–Kier alpha value is -3.43. The fourth-order valence-electron chi connectivity index (χ4n) is 5.03. The second-order valence-electron chi connectivity index (χ2n) is 10.6. The zero-order valence-corrected chi connectivity index (χ0v) is 22.2. The summed E-state index contributed by atoms with van der Waals surface area (Å²) in [6.07, 6.45) is -3.54. The van der Waals surface area contributed by atoms with Crippen LogP contribution in [-0.2, 0) is 29.7 Å². The van der Waals surface area contributed by atoms with Crippen LogP contribution >= 0.6 is 0 Å². The number of carbonyl (C=O) groups excluding carboxylic acids is 1. The van der Waals surface area contributed by atoms with E-state index in [0.717, 1.165) is 42.0 Å². The molecule has 0 radical (unpaired) electrons. The number of aromatic nitrogens is 2. The van der Waals surface area contributed by atoms with Gasteiger partial charge < -0.3 is 10.6 Å². The zero-order valence-electron chi connectivity index (χ0n) is 22.2. The van der Waals surface area contributed by atoms with Crippen molar-refractivity contribution in [3.05, 3.63) is 64.4 Å². The van der Waals surface area contributed by atoms with Gasteiger partial charge >= 0.3 is 6.18 Å². The molecule has 0 saturated heterocycles. The number of alkyl halides is 3. The first-order valence-electron chi connectivity index (χ1n) is 12.4. The minimum atomic E-state index is -4.79. The summed E-state index contributed by atoms with van der Waals surface area (Å²) in [5.74, 6) is -2.78. The molecule has 0 fully saturated rings. The molecule has 2 heterocycles. The lowest BCUT2D eigenvalue weighted by molar-refractivity contribution is -0.220.